The molecule has 0 fully saturated rings. The maximum atomic E-state index is 13.8. The van der Waals surface area contributed by atoms with Gasteiger partial charge in [-0.15, -0.1) is 0 Å². The van der Waals surface area contributed by atoms with Crippen LogP contribution in [0.5, 0.6) is 0 Å². The van der Waals surface area contributed by atoms with Crippen LogP contribution in [0.25, 0.3) is 10.9 Å². The van der Waals surface area contributed by atoms with Crippen molar-refractivity contribution in [2.45, 2.75) is 25.9 Å². The maximum absolute atomic E-state index is 13.8. The summed E-state index contributed by atoms with van der Waals surface area (Å²) in [6, 6.07) is 12.2. The van der Waals surface area contributed by atoms with Gasteiger partial charge in [0.1, 0.15) is 17.6 Å². The van der Waals surface area contributed by atoms with Gasteiger partial charge in [-0.3, -0.25) is 4.79 Å². The van der Waals surface area contributed by atoms with Crippen molar-refractivity contribution in [1.82, 2.24) is 15.0 Å². The van der Waals surface area contributed by atoms with Gasteiger partial charge < -0.3 is 15.4 Å². The van der Waals surface area contributed by atoms with Crippen LogP contribution in [0.15, 0.2) is 54.9 Å². The maximum Gasteiger partial charge on any atom is 0.435 e. The predicted octanol–water partition coefficient (Wildman–Crippen LogP) is 4.37. The summed E-state index contributed by atoms with van der Waals surface area (Å²) in [5.41, 5.74) is 7.39. The summed E-state index contributed by atoms with van der Waals surface area (Å²) in [7, 11) is 0. The molecule has 5 rings (SSSR count). The number of hydrogen-bond acceptors (Lipinski definition) is 7. The molecule has 0 aliphatic carbocycles. The van der Waals surface area contributed by atoms with E-state index in [0.29, 0.717) is 30.1 Å². The molecule has 11 heteroatoms. The first kappa shape index (κ1) is 23.2. The number of carbonyl (C=O) groups is 1. The molecule has 0 bridgehead atoms. The number of nitrogen functional groups attached to an aromatic ring is 1. The van der Waals surface area contributed by atoms with Crippen LogP contribution < -0.4 is 10.6 Å². The fourth-order valence-electron chi connectivity index (χ4n) is 4.14. The molecule has 1 aromatic carbocycles. The molecule has 0 spiro atoms. The highest BCUT2D eigenvalue weighted by Gasteiger charge is 2.38. The van der Waals surface area contributed by atoms with E-state index in [1.807, 2.05) is 6.07 Å². The Labute approximate surface area is 202 Å². The molecule has 0 saturated heterocycles. The van der Waals surface area contributed by atoms with Crippen LogP contribution in [-0.2, 0) is 30.7 Å². The third-order valence-corrected chi connectivity index (χ3v) is 5.85. The normalized spacial score (nSPS) is 12.8. The number of ether oxygens (including phenoxy) is 1. The van der Waals surface area contributed by atoms with Crippen LogP contribution in [0.1, 0.15) is 38.4 Å². The number of anilines is 2. The minimum atomic E-state index is -4.79. The molecule has 4 aromatic rings. The zero-order chi connectivity index (χ0) is 25.4. The van der Waals surface area contributed by atoms with Crippen molar-refractivity contribution in [3.8, 4) is 6.07 Å². The number of alkyl halides is 3. The number of benzene rings is 1. The highest BCUT2D eigenvalue weighted by atomic mass is 19.4. The van der Waals surface area contributed by atoms with Gasteiger partial charge in [0.25, 0.3) is 5.91 Å². The molecule has 36 heavy (non-hydrogen) atoms. The van der Waals surface area contributed by atoms with E-state index in [-0.39, 0.29) is 17.8 Å². The third-order valence-electron chi connectivity index (χ3n) is 5.85. The van der Waals surface area contributed by atoms with Gasteiger partial charge in [0.05, 0.1) is 36.5 Å². The summed E-state index contributed by atoms with van der Waals surface area (Å²) in [4.78, 5) is 26.2. The largest absolute Gasteiger partial charge is 0.435 e. The average molecular weight is 490 g/mol. The molecule has 0 atom stereocenters. The Hall–Kier alpha value is -4.56. The van der Waals surface area contributed by atoms with E-state index < -0.39 is 23.5 Å². The van der Waals surface area contributed by atoms with Crippen molar-refractivity contribution >= 4 is 28.3 Å². The molecule has 180 valence electrons. The first-order valence-electron chi connectivity index (χ1n) is 10.7. The van der Waals surface area contributed by atoms with E-state index in [1.165, 1.54) is 24.3 Å². The van der Waals surface area contributed by atoms with Crippen molar-refractivity contribution in [1.29, 1.82) is 5.26 Å². The molecule has 0 unspecified atom stereocenters. The van der Waals surface area contributed by atoms with Crippen LogP contribution in [-0.4, -0.2) is 20.9 Å². The number of hydrogen-bond donors (Lipinski definition) is 1. The average Bonchev–Trinajstić information content (AvgIpc) is 3.37. The summed E-state index contributed by atoms with van der Waals surface area (Å²) in [5, 5.41) is 9.80. The van der Waals surface area contributed by atoms with Crippen LogP contribution >= 0.6 is 0 Å². The first-order chi connectivity index (χ1) is 17.3. The third kappa shape index (κ3) is 4.18. The molecule has 8 nitrogen and oxygen atoms in total. The zero-order valence-corrected chi connectivity index (χ0v) is 18.6. The van der Waals surface area contributed by atoms with E-state index in [9.17, 15) is 18.0 Å². The fourth-order valence-corrected chi connectivity index (χ4v) is 4.14. The number of aromatic nitrogens is 3. The molecule has 0 saturated carbocycles. The Morgan fingerprint density at radius 3 is 2.67 bits per heavy atom. The molecule has 3 aromatic heterocycles. The van der Waals surface area contributed by atoms with E-state index in [4.69, 9.17) is 15.7 Å². The van der Waals surface area contributed by atoms with E-state index in [2.05, 4.69) is 15.0 Å². The second kappa shape index (κ2) is 8.90. The standard InChI is InChI=1S/C25H17F3N6O2/c26-25(27,28)22-21(2-1-7-31-22)34(24(35)15-4-5-16(9-29)32-10-15)11-14-3-6-17-18-12-36-13-19(18)23(30)33-20(17)8-14/h1-8,10H,11-13H2,(H2,30,33). The van der Waals surface area contributed by atoms with Gasteiger partial charge in [-0.2, -0.15) is 18.4 Å². The monoisotopic (exact) mass is 490 g/mol. The number of amides is 1. The molecule has 0 radical (unpaired) electrons. The Balaban J connectivity index is 1.60. The summed E-state index contributed by atoms with van der Waals surface area (Å²) in [6.45, 7) is 0.547. The molecule has 4 heterocycles. The van der Waals surface area contributed by atoms with Gasteiger partial charge in [-0.25, -0.2) is 15.0 Å². The number of nitriles is 1. The minimum absolute atomic E-state index is 0.0177. The van der Waals surface area contributed by atoms with Crippen molar-refractivity contribution in [2.24, 2.45) is 0 Å². The quantitative estimate of drug-likeness (QED) is 0.451. The van der Waals surface area contributed by atoms with Crippen LogP contribution in [0, 0.1) is 11.3 Å². The van der Waals surface area contributed by atoms with E-state index in [1.54, 1.807) is 18.2 Å². The van der Waals surface area contributed by atoms with E-state index in [0.717, 1.165) is 33.8 Å². The van der Waals surface area contributed by atoms with Gasteiger partial charge in [-0.1, -0.05) is 12.1 Å². The molecule has 1 aliphatic rings. The predicted molar refractivity (Wildman–Crippen MR) is 123 cm³/mol. The second-order valence-corrected chi connectivity index (χ2v) is 8.10. The minimum Gasteiger partial charge on any atom is -0.383 e. The van der Waals surface area contributed by atoms with Gasteiger partial charge in [-0.05, 0) is 41.5 Å². The highest BCUT2D eigenvalue weighted by molar-refractivity contribution is 6.06. The lowest BCUT2D eigenvalue weighted by Crippen LogP contribution is -2.32. The fraction of sp³-hybridized carbons (Fsp3) is 0.160. The Morgan fingerprint density at radius 1 is 1.14 bits per heavy atom. The molecule has 1 aliphatic heterocycles. The lowest BCUT2D eigenvalue weighted by Gasteiger charge is -2.25. The molecular weight excluding hydrogens is 473 g/mol. The topological polar surface area (TPSA) is 118 Å². The van der Waals surface area contributed by atoms with Gasteiger partial charge in [0.2, 0.25) is 0 Å². The van der Waals surface area contributed by atoms with Crippen molar-refractivity contribution < 1.29 is 22.7 Å². The van der Waals surface area contributed by atoms with Crippen LogP contribution in [0.3, 0.4) is 0 Å². The molecule has 1 amide bonds. The molecular formula is C25H17F3N6O2. The van der Waals surface area contributed by atoms with Crippen molar-refractivity contribution in [2.75, 3.05) is 10.6 Å². The van der Waals surface area contributed by atoms with Crippen LogP contribution in [0.4, 0.5) is 24.7 Å². The number of fused-ring (bicyclic) bond motifs is 3. The smallest absolute Gasteiger partial charge is 0.383 e. The number of halogens is 3. The lowest BCUT2D eigenvalue weighted by molar-refractivity contribution is -0.140. The highest BCUT2D eigenvalue weighted by Crippen LogP contribution is 2.36. The summed E-state index contributed by atoms with van der Waals surface area (Å²) < 4.78 is 46.9. The first-order valence-corrected chi connectivity index (χ1v) is 10.7. The van der Waals surface area contributed by atoms with Crippen molar-refractivity contribution in [3.05, 3.63) is 88.5 Å². The zero-order valence-electron chi connectivity index (χ0n) is 18.6. The molecule has 2 N–H and O–H groups in total. The lowest BCUT2D eigenvalue weighted by atomic mass is 10.0. The number of nitrogens with zero attached hydrogens (tertiary/aromatic N) is 5. The SMILES string of the molecule is N#Cc1ccc(C(=O)N(Cc2ccc3c4c(c(N)nc3c2)COC4)c2cccnc2C(F)(F)F)cn1. The summed E-state index contributed by atoms with van der Waals surface area (Å²) >= 11 is 0. The number of nitrogens with two attached hydrogens (primary N) is 1. The Morgan fingerprint density at radius 2 is 1.94 bits per heavy atom. The summed E-state index contributed by atoms with van der Waals surface area (Å²) in [5.74, 6) is -0.407. The number of rotatable bonds is 4. The Bertz CT molecular complexity index is 1530. The summed E-state index contributed by atoms with van der Waals surface area (Å²) in [6.07, 6.45) is -2.62. The van der Waals surface area contributed by atoms with E-state index >= 15 is 0 Å². The van der Waals surface area contributed by atoms with Gasteiger partial charge in [0, 0.05) is 23.3 Å². The Kier molecular flexibility index (Phi) is 5.74. The number of pyridine rings is 3. The van der Waals surface area contributed by atoms with Gasteiger partial charge in [0.15, 0.2) is 5.69 Å². The van der Waals surface area contributed by atoms with Gasteiger partial charge >= 0.3 is 6.18 Å². The second-order valence-electron chi connectivity index (χ2n) is 8.10. The van der Waals surface area contributed by atoms with Crippen LogP contribution in [0.2, 0.25) is 0 Å². The number of carbonyl (C=O) groups excluding carboxylic acids is 1. The van der Waals surface area contributed by atoms with Crippen molar-refractivity contribution in [3.63, 3.8) is 0 Å².